The molecule has 98 valence electrons. The van der Waals surface area contributed by atoms with E-state index in [1.54, 1.807) is 6.07 Å². The number of halogens is 2. The van der Waals surface area contributed by atoms with E-state index in [0.717, 1.165) is 18.7 Å². The molecule has 2 rings (SSSR count). The van der Waals surface area contributed by atoms with Crippen LogP contribution in [0.3, 0.4) is 0 Å². The number of anilines is 1. The molecule has 1 heterocycles. The van der Waals surface area contributed by atoms with E-state index < -0.39 is 0 Å². The van der Waals surface area contributed by atoms with Gasteiger partial charge in [-0.05, 0) is 44.5 Å². The minimum absolute atomic E-state index is 0.0636. The van der Waals surface area contributed by atoms with E-state index in [4.69, 9.17) is 23.2 Å². The van der Waals surface area contributed by atoms with Crippen molar-refractivity contribution in [3.63, 3.8) is 0 Å². The largest absolute Gasteiger partial charge is 0.322 e. The van der Waals surface area contributed by atoms with Crippen LogP contribution in [0.5, 0.6) is 0 Å². The zero-order valence-electron chi connectivity index (χ0n) is 10.3. The number of carbonyl (C=O) groups is 1. The predicted octanol–water partition coefficient (Wildman–Crippen LogP) is 3.34. The summed E-state index contributed by atoms with van der Waals surface area (Å²) in [4.78, 5) is 14.0. The van der Waals surface area contributed by atoms with Gasteiger partial charge in [-0.25, -0.2) is 0 Å². The van der Waals surface area contributed by atoms with Gasteiger partial charge in [0.1, 0.15) is 0 Å². The highest BCUT2D eigenvalue weighted by Crippen LogP contribution is 2.32. The summed E-state index contributed by atoms with van der Waals surface area (Å²) < 4.78 is 0. The van der Waals surface area contributed by atoms with Crippen LogP contribution in [0.25, 0.3) is 0 Å². The van der Waals surface area contributed by atoms with Gasteiger partial charge in [0.25, 0.3) is 0 Å². The first-order valence-corrected chi connectivity index (χ1v) is 6.80. The third-order valence-electron chi connectivity index (χ3n) is 3.11. The van der Waals surface area contributed by atoms with Gasteiger partial charge in [-0.15, -0.1) is 0 Å². The predicted molar refractivity (Wildman–Crippen MR) is 75.5 cm³/mol. The van der Waals surface area contributed by atoms with Crippen molar-refractivity contribution in [1.82, 2.24) is 4.90 Å². The molecule has 1 aliphatic heterocycles. The molecule has 0 radical (unpaired) electrons. The van der Waals surface area contributed by atoms with Gasteiger partial charge in [0.05, 0.1) is 22.3 Å². The second kappa shape index (κ2) is 5.91. The minimum atomic E-state index is -0.0636. The maximum Gasteiger partial charge on any atom is 0.238 e. The van der Waals surface area contributed by atoms with Crippen molar-refractivity contribution in [2.75, 3.05) is 25.0 Å². The van der Waals surface area contributed by atoms with Gasteiger partial charge in [-0.3, -0.25) is 9.69 Å². The van der Waals surface area contributed by atoms with Gasteiger partial charge in [0, 0.05) is 0 Å². The molecule has 18 heavy (non-hydrogen) atoms. The van der Waals surface area contributed by atoms with Gasteiger partial charge in [-0.1, -0.05) is 29.3 Å². The molecule has 0 aliphatic carbocycles. The number of rotatable bonds is 3. The molecule has 1 amide bonds. The van der Waals surface area contributed by atoms with E-state index in [1.807, 2.05) is 13.0 Å². The van der Waals surface area contributed by atoms with Gasteiger partial charge < -0.3 is 5.32 Å². The Balaban J connectivity index is 2.04. The monoisotopic (exact) mass is 286 g/mol. The van der Waals surface area contributed by atoms with Crippen molar-refractivity contribution < 1.29 is 4.79 Å². The molecule has 1 aromatic rings. The second-order valence-corrected chi connectivity index (χ2v) is 5.37. The lowest BCUT2D eigenvalue weighted by Crippen LogP contribution is -2.31. The summed E-state index contributed by atoms with van der Waals surface area (Å²) >= 11 is 12.2. The highest BCUT2D eigenvalue weighted by atomic mass is 35.5. The average Bonchev–Trinajstić information content (AvgIpc) is 2.82. The smallest absolute Gasteiger partial charge is 0.238 e. The van der Waals surface area contributed by atoms with E-state index in [1.165, 1.54) is 12.8 Å². The molecule has 0 bridgehead atoms. The fourth-order valence-electron chi connectivity index (χ4n) is 2.09. The Morgan fingerprint density at radius 1 is 1.33 bits per heavy atom. The molecule has 3 nitrogen and oxygen atoms in total. The minimum Gasteiger partial charge on any atom is -0.322 e. The third-order valence-corrected chi connectivity index (χ3v) is 3.92. The number of nitrogens with zero attached hydrogens (tertiary/aromatic N) is 1. The number of carbonyl (C=O) groups excluding carboxylic acids is 1. The molecule has 1 aliphatic rings. The van der Waals surface area contributed by atoms with Crippen LogP contribution in [-0.2, 0) is 4.79 Å². The van der Waals surface area contributed by atoms with Crippen LogP contribution in [0.15, 0.2) is 12.1 Å². The van der Waals surface area contributed by atoms with Crippen molar-refractivity contribution >= 4 is 34.8 Å². The molecular formula is C13H16Cl2N2O. The Morgan fingerprint density at radius 3 is 2.67 bits per heavy atom. The summed E-state index contributed by atoms with van der Waals surface area (Å²) in [5.41, 5.74) is 1.42. The number of benzene rings is 1. The van der Waals surface area contributed by atoms with Crippen LogP contribution in [0.2, 0.25) is 10.0 Å². The standard InChI is InChI=1S/C13H16Cl2N2O/c1-9-4-5-10(14)13(12(9)15)16-11(18)8-17-6-2-3-7-17/h4-5H,2-3,6-8H2,1H3,(H,16,18). The highest BCUT2D eigenvalue weighted by Gasteiger charge is 2.17. The third kappa shape index (κ3) is 3.16. The fraction of sp³-hybridized carbons (Fsp3) is 0.462. The van der Waals surface area contributed by atoms with E-state index >= 15 is 0 Å². The lowest BCUT2D eigenvalue weighted by molar-refractivity contribution is -0.117. The number of amides is 1. The number of likely N-dealkylation sites (tertiary alicyclic amines) is 1. The molecular weight excluding hydrogens is 271 g/mol. The van der Waals surface area contributed by atoms with Crippen LogP contribution >= 0.6 is 23.2 Å². The quantitative estimate of drug-likeness (QED) is 0.924. The van der Waals surface area contributed by atoms with Crippen molar-refractivity contribution in [3.05, 3.63) is 27.7 Å². The van der Waals surface area contributed by atoms with Crippen molar-refractivity contribution in [3.8, 4) is 0 Å². The van der Waals surface area contributed by atoms with Crippen LogP contribution in [0, 0.1) is 6.92 Å². The van der Waals surface area contributed by atoms with Crippen LogP contribution in [-0.4, -0.2) is 30.4 Å². The van der Waals surface area contributed by atoms with Crippen molar-refractivity contribution in [2.45, 2.75) is 19.8 Å². The number of hydrogen-bond acceptors (Lipinski definition) is 2. The average molecular weight is 287 g/mol. The van der Waals surface area contributed by atoms with E-state index in [0.29, 0.717) is 22.3 Å². The molecule has 1 N–H and O–H groups in total. The van der Waals surface area contributed by atoms with Crippen molar-refractivity contribution in [1.29, 1.82) is 0 Å². The van der Waals surface area contributed by atoms with Gasteiger partial charge in [-0.2, -0.15) is 0 Å². The zero-order valence-corrected chi connectivity index (χ0v) is 11.8. The van der Waals surface area contributed by atoms with Crippen LogP contribution in [0.4, 0.5) is 5.69 Å². The van der Waals surface area contributed by atoms with Gasteiger partial charge >= 0.3 is 0 Å². The Bertz CT molecular complexity index is 457. The summed E-state index contributed by atoms with van der Waals surface area (Å²) in [5, 5.41) is 3.79. The fourth-order valence-corrected chi connectivity index (χ4v) is 2.56. The number of nitrogens with one attached hydrogen (secondary N) is 1. The SMILES string of the molecule is Cc1ccc(Cl)c(NC(=O)CN2CCCC2)c1Cl. The summed E-state index contributed by atoms with van der Waals surface area (Å²) in [6.45, 7) is 4.26. The molecule has 1 saturated heterocycles. The summed E-state index contributed by atoms with van der Waals surface area (Å²) in [5.74, 6) is -0.0636. The highest BCUT2D eigenvalue weighted by molar-refractivity contribution is 6.40. The maximum absolute atomic E-state index is 11.9. The molecule has 1 fully saturated rings. The lowest BCUT2D eigenvalue weighted by atomic mass is 10.2. The van der Waals surface area contributed by atoms with Crippen molar-refractivity contribution in [2.24, 2.45) is 0 Å². The van der Waals surface area contributed by atoms with Gasteiger partial charge in [0.2, 0.25) is 5.91 Å². The summed E-state index contributed by atoms with van der Waals surface area (Å²) in [6, 6.07) is 3.58. The molecule has 0 aromatic heterocycles. The Labute approximate surface area is 117 Å². The van der Waals surface area contributed by atoms with E-state index in [9.17, 15) is 4.79 Å². The number of hydrogen-bond donors (Lipinski definition) is 1. The second-order valence-electron chi connectivity index (χ2n) is 4.58. The Kier molecular flexibility index (Phi) is 4.49. The van der Waals surface area contributed by atoms with E-state index in [-0.39, 0.29) is 5.91 Å². The first kappa shape index (κ1) is 13.7. The molecule has 1 aromatic carbocycles. The van der Waals surface area contributed by atoms with Gasteiger partial charge in [0.15, 0.2) is 0 Å². The normalized spacial score (nSPS) is 15.9. The first-order valence-electron chi connectivity index (χ1n) is 6.05. The molecule has 0 unspecified atom stereocenters. The summed E-state index contributed by atoms with van der Waals surface area (Å²) in [6.07, 6.45) is 2.33. The van der Waals surface area contributed by atoms with Crippen LogP contribution < -0.4 is 5.32 Å². The topological polar surface area (TPSA) is 32.3 Å². The maximum atomic E-state index is 11.9. The lowest BCUT2D eigenvalue weighted by Gasteiger charge is -2.16. The molecule has 0 saturated carbocycles. The van der Waals surface area contributed by atoms with Crippen LogP contribution in [0.1, 0.15) is 18.4 Å². The number of aryl methyl sites for hydroxylation is 1. The molecule has 0 atom stereocenters. The Hall–Kier alpha value is -0.770. The summed E-state index contributed by atoms with van der Waals surface area (Å²) in [7, 11) is 0. The van der Waals surface area contributed by atoms with E-state index in [2.05, 4.69) is 10.2 Å². The first-order chi connectivity index (χ1) is 8.58. The molecule has 0 spiro atoms. The Morgan fingerprint density at radius 2 is 2.00 bits per heavy atom. The molecule has 5 heteroatoms. The zero-order chi connectivity index (χ0) is 13.1.